The number of benzene rings is 1. The van der Waals surface area contributed by atoms with E-state index in [4.69, 9.17) is 0 Å². The van der Waals surface area contributed by atoms with Crippen LogP contribution in [0.15, 0.2) is 18.2 Å². The minimum atomic E-state index is -1.34. The molecule has 1 N–H and O–H groups in total. The van der Waals surface area contributed by atoms with E-state index in [0.29, 0.717) is 0 Å². The van der Waals surface area contributed by atoms with E-state index >= 15 is 0 Å². The summed E-state index contributed by atoms with van der Waals surface area (Å²) in [7, 11) is 1.68. The summed E-state index contributed by atoms with van der Waals surface area (Å²) in [4.78, 5) is 13.4. The Morgan fingerprint density at radius 1 is 1.31 bits per heavy atom. The lowest BCUT2D eigenvalue weighted by Gasteiger charge is -2.26. The molecular formula is C13H19NO2. The maximum Gasteiger partial charge on any atom is 0.258 e. The van der Waals surface area contributed by atoms with Crippen molar-refractivity contribution < 1.29 is 9.90 Å². The van der Waals surface area contributed by atoms with Crippen molar-refractivity contribution in [2.45, 2.75) is 33.3 Å². The molecule has 1 aromatic carbocycles. The zero-order valence-electron chi connectivity index (χ0n) is 10.5. The molecule has 0 saturated heterocycles. The first-order valence-electron chi connectivity index (χ1n) is 5.31. The highest BCUT2D eigenvalue weighted by atomic mass is 16.3. The number of aryl methyl sites for hydroxylation is 2. The van der Waals surface area contributed by atoms with E-state index in [-0.39, 0.29) is 5.91 Å². The molecule has 3 heteroatoms. The van der Waals surface area contributed by atoms with Crippen LogP contribution in [0.1, 0.15) is 25.0 Å². The van der Waals surface area contributed by atoms with Crippen LogP contribution in [-0.2, 0) is 4.79 Å². The summed E-state index contributed by atoms with van der Waals surface area (Å²) >= 11 is 0. The van der Waals surface area contributed by atoms with Crippen LogP contribution in [0.3, 0.4) is 0 Å². The van der Waals surface area contributed by atoms with Crippen molar-refractivity contribution in [3.8, 4) is 0 Å². The Labute approximate surface area is 96.7 Å². The van der Waals surface area contributed by atoms with E-state index in [1.165, 1.54) is 18.7 Å². The summed E-state index contributed by atoms with van der Waals surface area (Å²) in [6.07, 6.45) is 0. The van der Waals surface area contributed by atoms with E-state index < -0.39 is 5.60 Å². The van der Waals surface area contributed by atoms with Gasteiger partial charge in [0.2, 0.25) is 0 Å². The molecule has 0 fully saturated rings. The first-order chi connectivity index (χ1) is 7.23. The minimum Gasteiger partial charge on any atom is -0.381 e. The monoisotopic (exact) mass is 221 g/mol. The fraction of sp³-hybridized carbons (Fsp3) is 0.462. The van der Waals surface area contributed by atoms with Gasteiger partial charge in [-0.25, -0.2) is 0 Å². The molecule has 0 saturated carbocycles. The molecule has 0 unspecified atom stereocenters. The molecule has 0 radical (unpaired) electrons. The van der Waals surface area contributed by atoms with E-state index in [1.54, 1.807) is 7.05 Å². The normalized spacial score (nSPS) is 11.4. The van der Waals surface area contributed by atoms with Crippen molar-refractivity contribution in [3.05, 3.63) is 29.3 Å². The number of likely N-dealkylation sites (N-methyl/N-ethyl adjacent to an activating group) is 1. The number of amides is 1. The largest absolute Gasteiger partial charge is 0.381 e. The van der Waals surface area contributed by atoms with Gasteiger partial charge < -0.3 is 10.0 Å². The average molecular weight is 221 g/mol. The van der Waals surface area contributed by atoms with Gasteiger partial charge in [-0.1, -0.05) is 12.1 Å². The minimum absolute atomic E-state index is 0.304. The molecule has 0 aliphatic rings. The lowest BCUT2D eigenvalue weighted by atomic mass is 10.1. The van der Waals surface area contributed by atoms with E-state index in [9.17, 15) is 9.90 Å². The number of hydrogen-bond donors (Lipinski definition) is 1. The second-order valence-corrected chi connectivity index (χ2v) is 4.71. The molecule has 3 nitrogen and oxygen atoms in total. The van der Waals surface area contributed by atoms with Gasteiger partial charge in [-0.3, -0.25) is 4.79 Å². The third kappa shape index (κ3) is 2.61. The second-order valence-electron chi connectivity index (χ2n) is 4.71. The summed E-state index contributed by atoms with van der Waals surface area (Å²) in [6.45, 7) is 6.92. The number of hydrogen-bond acceptors (Lipinski definition) is 2. The summed E-state index contributed by atoms with van der Waals surface area (Å²) in [6, 6.07) is 5.92. The predicted molar refractivity (Wildman–Crippen MR) is 65.6 cm³/mol. The van der Waals surface area contributed by atoms with Crippen molar-refractivity contribution in [1.29, 1.82) is 0 Å². The van der Waals surface area contributed by atoms with Gasteiger partial charge in [0, 0.05) is 12.7 Å². The Balaban J connectivity index is 3.10. The van der Waals surface area contributed by atoms with Gasteiger partial charge in [-0.2, -0.15) is 0 Å². The average Bonchev–Trinajstić information content (AvgIpc) is 2.18. The number of anilines is 1. The molecule has 88 valence electrons. The van der Waals surface area contributed by atoms with Crippen LogP contribution in [0, 0.1) is 13.8 Å². The molecule has 0 atom stereocenters. The van der Waals surface area contributed by atoms with Crippen molar-refractivity contribution in [1.82, 2.24) is 0 Å². The van der Waals surface area contributed by atoms with Crippen LogP contribution in [0.4, 0.5) is 5.69 Å². The van der Waals surface area contributed by atoms with Gasteiger partial charge in [-0.05, 0) is 44.9 Å². The Morgan fingerprint density at radius 3 is 2.38 bits per heavy atom. The number of carbonyl (C=O) groups excluding carboxylic acids is 1. The van der Waals surface area contributed by atoms with Crippen molar-refractivity contribution in [2.24, 2.45) is 0 Å². The lowest BCUT2D eigenvalue weighted by molar-refractivity contribution is -0.133. The number of nitrogens with zero attached hydrogens (tertiary/aromatic N) is 1. The highest BCUT2D eigenvalue weighted by Crippen LogP contribution is 2.22. The van der Waals surface area contributed by atoms with E-state index in [0.717, 1.165) is 16.8 Å². The van der Waals surface area contributed by atoms with Gasteiger partial charge in [0.05, 0.1) is 0 Å². The first kappa shape index (κ1) is 12.7. The molecule has 1 amide bonds. The third-order valence-electron chi connectivity index (χ3n) is 2.55. The number of aliphatic hydroxyl groups is 1. The summed E-state index contributed by atoms with van der Waals surface area (Å²) < 4.78 is 0. The van der Waals surface area contributed by atoms with Crippen LogP contribution in [-0.4, -0.2) is 23.7 Å². The molecule has 0 spiro atoms. The Morgan fingerprint density at radius 2 is 1.88 bits per heavy atom. The summed E-state index contributed by atoms with van der Waals surface area (Å²) in [5.74, 6) is -0.304. The fourth-order valence-electron chi connectivity index (χ4n) is 1.60. The van der Waals surface area contributed by atoms with E-state index in [2.05, 4.69) is 0 Å². The van der Waals surface area contributed by atoms with Gasteiger partial charge >= 0.3 is 0 Å². The Kier molecular flexibility index (Phi) is 3.38. The third-order valence-corrected chi connectivity index (χ3v) is 2.55. The van der Waals surface area contributed by atoms with Crippen LogP contribution in [0.25, 0.3) is 0 Å². The molecule has 0 aromatic heterocycles. The fourth-order valence-corrected chi connectivity index (χ4v) is 1.60. The molecule has 0 aliphatic carbocycles. The molecule has 0 bridgehead atoms. The van der Waals surface area contributed by atoms with Gasteiger partial charge in [-0.15, -0.1) is 0 Å². The Bertz CT molecular complexity index is 405. The molecule has 0 heterocycles. The summed E-state index contributed by atoms with van der Waals surface area (Å²) in [5, 5.41) is 9.69. The van der Waals surface area contributed by atoms with Gasteiger partial charge in [0.15, 0.2) is 0 Å². The molecule has 1 aromatic rings. The predicted octanol–water partition coefficient (Wildman–Crippen LogP) is 2.04. The molecule has 16 heavy (non-hydrogen) atoms. The number of carbonyl (C=O) groups is 1. The first-order valence-corrected chi connectivity index (χ1v) is 5.31. The van der Waals surface area contributed by atoms with Crippen LogP contribution >= 0.6 is 0 Å². The van der Waals surface area contributed by atoms with Gasteiger partial charge in [0.1, 0.15) is 5.60 Å². The second kappa shape index (κ2) is 4.26. The SMILES string of the molecule is Cc1ccc(C)c(N(C)C(=O)C(C)(C)O)c1. The smallest absolute Gasteiger partial charge is 0.258 e. The molecule has 0 aliphatic heterocycles. The van der Waals surface area contributed by atoms with Crippen molar-refractivity contribution in [2.75, 3.05) is 11.9 Å². The topological polar surface area (TPSA) is 40.5 Å². The van der Waals surface area contributed by atoms with Crippen molar-refractivity contribution in [3.63, 3.8) is 0 Å². The van der Waals surface area contributed by atoms with Crippen LogP contribution in [0.2, 0.25) is 0 Å². The van der Waals surface area contributed by atoms with E-state index in [1.807, 2.05) is 32.0 Å². The van der Waals surface area contributed by atoms with Crippen LogP contribution in [0.5, 0.6) is 0 Å². The summed E-state index contributed by atoms with van der Waals surface area (Å²) in [5.41, 5.74) is 1.61. The standard InChI is InChI=1S/C13H19NO2/c1-9-6-7-10(2)11(8-9)14(5)12(15)13(3,4)16/h6-8,16H,1-5H3. The lowest BCUT2D eigenvalue weighted by Crippen LogP contribution is -2.43. The Hall–Kier alpha value is -1.35. The maximum absolute atomic E-state index is 11.9. The zero-order chi connectivity index (χ0) is 12.5. The highest BCUT2D eigenvalue weighted by molar-refractivity contribution is 5.98. The molecular weight excluding hydrogens is 202 g/mol. The number of rotatable bonds is 2. The maximum atomic E-state index is 11.9. The highest BCUT2D eigenvalue weighted by Gasteiger charge is 2.28. The quantitative estimate of drug-likeness (QED) is 0.830. The van der Waals surface area contributed by atoms with Gasteiger partial charge in [0.25, 0.3) is 5.91 Å². The van der Waals surface area contributed by atoms with Crippen molar-refractivity contribution >= 4 is 11.6 Å². The van der Waals surface area contributed by atoms with Crippen LogP contribution < -0.4 is 4.90 Å². The zero-order valence-corrected chi connectivity index (χ0v) is 10.5. The molecule has 1 rings (SSSR count).